The zero-order chi connectivity index (χ0) is 21.6. The van der Waals surface area contributed by atoms with Crippen LogP contribution in [0.15, 0.2) is 30.3 Å². The first-order valence-electron chi connectivity index (χ1n) is 11.2. The highest BCUT2D eigenvalue weighted by Crippen LogP contribution is 2.43. The predicted molar refractivity (Wildman–Crippen MR) is 138 cm³/mol. The number of carbonyl (C=O) groups is 2. The van der Waals surface area contributed by atoms with Crippen molar-refractivity contribution in [3.8, 4) is 0 Å². The van der Waals surface area contributed by atoms with Gasteiger partial charge in [0, 0.05) is 12.7 Å². The van der Waals surface area contributed by atoms with Crippen LogP contribution >= 0.6 is 34.4 Å². The number of aryl methyl sites for hydroxylation is 1. The first-order chi connectivity index (χ1) is 14.4. The molecule has 1 aliphatic heterocycles. The maximum Gasteiger partial charge on any atom is 0.326 e. The molecule has 6 nitrogen and oxygen atoms in total. The summed E-state index contributed by atoms with van der Waals surface area (Å²) in [5.74, 6) is -0.816. The Labute approximate surface area is 205 Å². The molecule has 0 aromatic heterocycles. The second-order valence-corrected chi connectivity index (χ2v) is 11.4. The fourth-order valence-electron chi connectivity index (χ4n) is 5.04. The predicted octanol–water partition coefficient (Wildman–Crippen LogP) is 4.39. The monoisotopic (exact) mass is 503 g/mol. The molecular formula is C23H38NO5PS2. The first kappa shape index (κ1) is 29.1. The summed E-state index contributed by atoms with van der Waals surface area (Å²) in [4.78, 5) is 36.2. The molecule has 0 bridgehead atoms. The number of benzene rings is 1. The zero-order valence-electron chi connectivity index (χ0n) is 18.6. The van der Waals surface area contributed by atoms with Crippen LogP contribution in [-0.2, 0) is 20.6 Å². The Morgan fingerprint density at radius 1 is 1.00 bits per heavy atom. The summed E-state index contributed by atoms with van der Waals surface area (Å²) in [7, 11) is -3.62. The molecule has 0 radical (unpaired) electrons. The summed E-state index contributed by atoms with van der Waals surface area (Å²) >= 11 is 0. The summed E-state index contributed by atoms with van der Waals surface area (Å²) in [6.07, 6.45) is 8.08. The van der Waals surface area contributed by atoms with Crippen LogP contribution in [0.1, 0.15) is 56.9 Å². The lowest BCUT2D eigenvalue weighted by atomic mass is 9.79. The van der Waals surface area contributed by atoms with Gasteiger partial charge in [-0.25, -0.2) is 4.79 Å². The summed E-state index contributed by atoms with van der Waals surface area (Å²) < 4.78 is 12.6. The fourth-order valence-corrected chi connectivity index (χ4v) is 6.52. The number of carboxylic acid groups (broad SMARTS) is 1. The van der Waals surface area contributed by atoms with Crippen molar-refractivity contribution in [2.24, 2.45) is 11.8 Å². The molecular weight excluding hydrogens is 465 g/mol. The quantitative estimate of drug-likeness (QED) is 0.385. The molecule has 2 fully saturated rings. The fraction of sp³-hybridized carbons (Fsp3) is 0.652. The molecule has 1 amide bonds. The Balaban J connectivity index is 0.00000256. The van der Waals surface area contributed by atoms with Gasteiger partial charge in [-0.05, 0) is 43.1 Å². The number of carbonyl (C=O) groups excluding carboxylic acids is 1. The van der Waals surface area contributed by atoms with Crippen molar-refractivity contribution in [3.63, 3.8) is 0 Å². The molecule has 3 atom stereocenters. The maximum absolute atomic E-state index is 12.8. The van der Waals surface area contributed by atoms with Crippen LogP contribution in [0, 0.1) is 11.8 Å². The van der Waals surface area contributed by atoms with E-state index in [1.54, 1.807) is 0 Å². The number of rotatable bonds is 9. The number of hydrogen-bond donors (Lipinski definition) is 2. The van der Waals surface area contributed by atoms with Crippen LogP contribution in [0.2, 0.25) is 0 Å². The average Bonchev–Trinajstić information content (AvgIpc) is 3.19. The van der Waals surface area contributed by atoms with Gasteiger partial charge < -0.3 is 14.9 Å². The average molecular weight is 504 g/mol. The molecule has 1 aliphatic carbocycles. The van der Waals surface area contributed by atoms with Crippen molar-refractivity contribution >= 4 is 46.2 Å². The molecule has 32 heavy (non-hydrogen) atoms. The minimum Gasteiger partial charge on any atom is -0.480 e. The summed E-state index contributed by atoms with van der Waals surface area (Å²) in [6.45, 7) is 0.411. The van der Waals surface area contributed by atoms with Gasteiger partial charge in [0.05, 0.1) is 0 Å². The Morgan fingerprint density at radius 2 is 1.66 bits per heavy atom. The minimum atomic E-state index is -3.62. The molecule has 1 heterocycles. The maximum atomic E-state index is 12.8. The molecule has 0 spiro atoms. The van der Waals surface area contributed by atoms with Crippen LogP contribution in [0.3, 0.4) is 0 Å². The minimum absolute atomic E-state index is 0. The number of amides is 1. The molecule has 9 heteroatoms. The smallest absolute Gasteiger partial charge is 0.326 e. The Kier molecular flexibility index (Phi) is 12.4. The lowest BCUT2D eigenvalue weighted by Gasteiger charge is -2.27. The molecule has 1 saturated heterocycles. The standard InChI is InChI=1S/C23H34NO5P.2H2S/c25-22(17-30(28,29)14-8-7-11-18-9-3-1-4-10-18)24-16-20(15-21(24)23(26)27)19-12-5-2-6-13-19;;/h1,3-4,9-10,19-21H,2,5-8,11-17H2,(H,26,27)(H,28,29);2*1H2/t20-,21+;;/m1../s1. The van der Waals surface area contributed by atoms with Gasteiger partial charge in [0.1, 0.15) is 12.2 Å². The third kappa shape index (κ3) is 8.44. The second-order valence-electron chi connectivity index (χ2n) is 8.96. The van der Waals surface area contributed by atoms with Crippen molar-refractivity contribution < 1.29 is 24.2 Å². The molecule has 2 N–H and O–H groups in total. The van der Waals surface area contributed by atoms with Crippen LogP contribution < -0.4 is 0 Å². The molecule has 1 unspecified atom stereocenters. The first-order valence-corrected chi connectivity index (χ1v) is 13.3. The van der Waals surface area contributed by atoms with Crippen molar-refractivity contribution in [2.45, 2.75) is 63.8 Å². The van der Waals surface area contributed by atoms with Gasteiger partial charge in [-0.1, -0.05) is 62.4 Å². The van der Waals surface area contributed by atoms with E-state index in [1.807, 2.05) is 30.3 Å². The highest BCUT2D eigenvalue weighted by atomic mass is 32.1. The SMILES string of the molecule is O=C(O)[C@@H]1C[C@@H](C2CCCCC2)CN1C(=O)CP(=O)(O)CCCCc1ccccc1.S.S. The van der Waals surface area contributed by atoms with E-state index in [1.165, 1.54) is 29.7 Å². The van der Waals surface area contributed by atoms with E-state index in [0.29, 0.717) is 25.3 Å². The lowest BCUT2D eigenvalue weighted by Crippen LogP contribution is -2.42. The topological polar surface area (TPSA) is 94.9 Å². The third-order valence-corrected chi connectivity index (χ3v) is 8.48. The third-order valence-electron chi connectivity index (χ3n) is 6.70. The van der Waals surface area contributed by atoms with E-state index in [2.05, 4.69) is 0 Å². The summed E-state index contributed by atoms with van der Waals surface area (Å²) in [5, 5.41) is 9.60. The van der Waals surface area contributed by atoms with E-state index in [4.69, 9.17) is 0 Å². The van der Waals surface area contributed by atoms with Crippen molar-refractivity contribution in [1.29, 1.82) is 0 Å². The van der Waals surface area contributed by atoms with Crippen LogP contribution in [-0.4, -0.2) is 51.7 Å². The van der Waals surface area contributed by atoms with Crippen molar-refractivity contribution in [3.05, 3.63) is 35.9 Å². The van der Waals surface area contributed by atoms with Gasteiger partial charge in [0.15, 0.2) is 0 Å². The van der Waals surface area contributed by atoms with E-state index in [9.17, 15) is 24.2 Å². The van der Waals surface area contributed by atoms with Gasteiger partial charge in [-0.15, -0.1) is 0 Å². The molecule has 2 aliphatic rings. The number of aliphatic carboxylic acids is 1. The van der Waals surface area contributed by atoms with Crippen molar-refractivity contribution in [1.82, 2.24) is 4.90 Å². The van der Waals surface area contributed by atoms with E-state index < -0.39 is 31.4 Å². The van der Waals surface area contributed by atoms with Gasteiger partial charge in [0.25, 0.3) is 0 Å². The largest absolute Gasteiger partial charge is 0.480 e. The normalized spacial score (nSPS) is 23.0. The number of unbranched alkanes of at least 4 members (excludes halogenated alkanes) is 1. The number of likely N-dealkylation sites (tertiary alicyclic amines) is 1. The molecule has 1 aromatic rings. The van der Waals surface area contributed by atoms with E-state index >= 15 is 0 Å². The van der Waals surface area contributed by atoms with Gasteiger partial charge in [-0.2, -0.15) is 27.0 Å². The lowest BCUT2D eigenvalue weighted by molar-refractivity contribution is -0.147. The molecule has 1 aromatic carbocycles. The van der Waals surface area contributed by atoms with Gasteiger partial charge in [0.2, 0.25) is 13.3 Å². The summed E-state index contributed by atoms with van der Waals surface area (Å²) in [5.41, 5.74) is 1.19. The van der Waals surface area contributed by atoms with Crippen molar-refractivity contribution in [2.75, 3.05) is 18.9 Å². The highest BCUT2D eigenvalue weighted by molar-refractivity contribution is 7.59. The second kappa shape index (κ2) is 13.7. The van der Waals surface area contributed by atoms with Crippen LogP contribution in [0.4, 0.5) is 0 Å². The van der Waals surface area contributed by atoms with E-state index in [-0.39, 0.29) is 39.1 Å². The van der Waals surface area contributed by atoms with Gasteiger partial charge in [-0.3, -0.25) is 9.36 Å². The highest BCUT2D eigenvalue weighted by Gasteiger charge is 2.43. The Morgan fingerprint density at radius 3 is 2.28 bits per heavy atom. The van der Waals surface area contributed by atoms with Crippen LogP contribution in [0.25, 0.3) is 0 Å². The molecule has 1 saturated carbocycles. The summed E-state index contributed by atoms with van der Waals surface area (Å²) in [6, 6.07) is 9.11. The zero-order valence-corrected chi connectivity index (χ0v) is 21.5. The number of hydrogen-bond acceptors (Lipinski definition) is 3. The molecule has 3 rings (SSSR count). The number of carboxylic acids is 1. The van der Waals surface area contributed by atoms with E-state index in [0.717, 1.165) is 25.7 Å². The van der Waals surface area contributed by atoms with Crippen LogP contribution in [0.5, 0.6) is 0 Å². The number of nitrogens with zero attached hydrogens (tertiary/aromatic N) is 1. The Bertz CT molecular complexity index is 773. The molecule has 182 valence electrons. The Hall–Kier alpha value is -0.950. The van der Waals surface area contributed by atoms with Gasteiger partial charge >= 0.3 is 5.97 Å².